The SMILES string of the molecule is Cc1cc(C)c(/C=N/NC(=O)c2ccc3ccccc3n2)c(C)c1. The van der Waals surface area contributed by atoms with Crippen molar-refractivity contribution in [1.29, 1.82) is 0 Å². The summed E-state index contributed by atoms with van der Waals surface area (Å²) in [5.74, 6) is -0.320. The first-order chi connectivity index (χ1) is 11.5. The fourth-order valence-corrected chi connectivity index (χ4v) is 2.80. The van der Waals surface area contributed by atoms with Crippen molar-refractivity contribution in [2.45, 2.75) is 20.8 Å². The molecule has 0 aliphatic rings. The summed E-state index contributed by atoms with van der Waals surface area (Å²) in [6, 6.07) is 15.5. The average molecular weight is 317 g/mol. The van der Waals surface area contributed by atoms with Gasteiger partial charge >= 0.3 is 0 Å². The molecule has 3 aromatic rings. The smallest absolute Gasteiger partial charge is 0.266 e. The largest absolute Gasteiger partial charge is 0.289 e. The first-order valence-corrected chi connectivity index (χ1v) is 7.81. The van der Waals surface area contributed by atoms with E-state index >= 15 is 0 Å². The van der Waals surface area contributed by atoms with E-state index in [1.165, 1.54) is 5.56 Å². The highest BCUT2D eigenvalue weighted by atomic mass is 16.2. The minimum atomic E-state index is -0.320. The molecule has 3 rings (SSSR count). The number of aromatic nitrogens is 1. The Balaban J connectivity index is 1.77. The Bertz CT molecular complexity index is 922. The van der Waals surface area contributed by atoms with E-state index in [1.54, 1.807) is 12.3 Å². The Morgan fingerprint density at radius 1 is 1.04 bits per heavy atom. The van der Waals surface area contributed by atoms with Crippen molar-refractivity contribution in [3.8, 4) is 0 Å². The second kappa shape index (κ2) is 6.62. The van der Waals surface area contributed by atoms with Crippen LogP contribution in [0, 0.1) is 20.8 Å². The molecule has 24 heavy (non-hydrogen) atoms. The number of hydrogen-bond acceptors (Lipinski definition) is 3. The summed E-state index contributed by atoms with van der Waals surface area (Å²) in [6.07, 6.45) is 1.68. The Morgan fingerprint density at radius 2 is 1.75 bits per heavy atom. The van der Waals surface area contributed by atoms with Gasteiger partial charge in [0.2, 0.25) is 0 Å². The molecule has 1 N–H and O–H groups in total. The van der Waals surface area contributed by atoms with Crippen LogP contribution in [-0.2, 0) is 0 Å². The zero-order valence-electron chi connectivity index (χ0n) is 14.0. The normalized spacial score (nSPS) is 11.1. The second-order valence-corrected chi connectivity index (χ2v) is 5.90. The number of nitrogens with zero attached hydrogens (tertiary/aromatic N) is 2. The Labute approximate surface area is 141 Å². The van der Waals surface area contributed by atoms with E-state index in [-0.39, 0.29) is 5.91 Å². The number of hydrazone groups is 1. The van der Waals surface area contributed by atoms with E-state index in [0.29, 0.717) is 5.69 Å². The van der Waals surface area contributed by atoms with Gasteiger partial charge in [-0.3, -0.25) is 4.79 Å². The maximum Gasteiger partial charge on any atom is 0.289 e. The lowest BCUT2D eigenvalue weighted by Crippen LogP contribution is -2.19. The summed E-state index contributed by atoms with van der Waals surface area (Å²) in [4.78, 5) is 16.6. The number of amides is 1. The molecule has 0 radical (unpaired) electrons. The van der Waals surface area contributed by atoms with Crippen LogP contribution < -0.4 is 5.43 Å². The summed E-state index contributed by atoms with van der Waals surface area (Å²) in [6.45, 7) is 6.14. The highest BCUT2D eigenvalue weighted by Crippen LogP contribution is 2.14. The van der Waals surface area contributed by atoms with Crippen LogP contribution in [0.2, 0.25) is 0 Å². The fourth-order valence-electron chi connectivity index (χ4n) is 2.80. The predicted octanol–water partition coefficient (Wildman–Crippen LogP) is 3.92. The van der Waals surface area contributed by atoms with Crippen molar-refractivity contribution >= 4 is 23.0 Å². The number of pyridine rings is 1. The molecule has 0 aliphatic carbocycles. The quantitative estimate of drug-likeness (QED) is 0.588. The second-order valence-electron chi connectivity index (χ2n) is 5.90. The summed E-state index contributed by atoms with van der Waals surface area (Å²) in [7, 11) is 0. The first kappa shape index (κ1) is 15.9. The van der Waals surface area contributed by atoms with Crippen LogP contribution in [0.25, 0.3) is 10.9 Å². The van der Waals surface area contributed by atoms with Gasteiger partial charge in [-0.05, 0) is 44.0 Å². The Morgan fingerprint density at radius 3 is 2.50 bits per heavy atom. The topological polar surface area (TPSA) is 54.4 Å². The van der Waals surface area contributed by atoms with Gasteiger partial charge in [0.1, 0.15) is 5.69 Å². The van der Waals surface area contributed by atoms with Crippen molar-refractivity contribution in [1.82, 2.24) is 10.4 Å². The van der Waals surface area contributed by atoms with Crippen LogP contribution in [0.1, 0.15) is 32.7 Å². The molecule has 0 aliphatic heterocycles. The van der Waals surface area contributed by atoms with Gasteiger partial charge in [0.05, 0.1) is 11.7 Å². The van der Waals surface area contributed by atoms with Crippen molar-refractivity contribution in [3.05, 3.63) is 76.5 Å². The maximum atomic E-state index is 12.2. The molecule has 1 aromatic heterocycles. The van der Waals surface area contributed by atoms with Gasteiger partial charge < -0.3 is 0 Å². The van der Waals surface area contributed by atoms with Gasteiger partial charge in [0.25, 0.3) is 5.91 Å². The summed E-state index contributed by atoms with van der Waals surface area (Å²) in [5, 5.41) is 5.09. The highest BCUT2D eigenvalue weighted by Gasteiger charge is 2.07. The number of carbonyl (C=O) groups is 1. The molecular formula is C20H19N3O. The number of fused-ring (bicyclic) bond motifs is 1. The number of para-hydroxylation sites is 1. The van der Waals surface area contributed by atoms with Crippen molar-refractivity contribution in [2.24, 2.45) is 5.10 Å². The van der Waals surface area contributed by atoms with Gasteiger partial charge in [-0.1, -0.05) is 42.0 Å². The summed E-state index contributed by atoms with van der Waals surface area (Å²) >= 11 is 0. The molecule has 4 nitrogen and oxygen atoms in total. The van der Waals surface area contributed by atoms with E-state index in [2.05, 4.69) is 34.6 Å². The van der Waals surface area contributed by atoms with Crippen molar-refractivity contribution in [2.75, 3.05) is 0 Å². The molecule has 0 bridgehead atoms. The molecule has 4 heteroatoms. The van der Waals surface area contributed by atoms with E-state index in [4.69, 9.17) is 0 Å². The van der Waals surface area contributed by atoms with Crippen LogP contribution in [0.5, 0.6) is 0 Å². The lowest BCUT2D eigenvalue weighted by atomic mass is 10.0. The number of benzene rings is 2. The zero-order valence-corrected chi connectivity index (χ0v) is 14.0. The van der Waals surface area contributed by atoms with Gasteiger partial charge in [-0.25, -0.2) is 10.4 Å². The summed E-state index contributed by atoms with van der Waals surface area (Å²) < 4.78 is 0. The molecule has 0 unspecified atom stereocenters. The minimum absolute atomic E-state index is 0.320. The molecule has 1 amide bonds. The van der Waals surface area contributed by atoms with Gasteiger partial charge in [-0.2, -0.15) is 5.10 Å². The molecule has 0 saturated carbocycles. The standard InChI is InChI=1S/C20H19N3O/c1-13-10-14(2)17(15(3)11-13)12-21-23-20(24)19-9-8-16-6-4-5-7-18(16)22-19/h4-12H,1-3H3,(H,23,24)/b21-12+. The number of rotatable bonds is 3. The van der Waals surface area contributed by atoms with Gasteiger partial charge in [0, 0.05) is 10.9 Å². The Hall–Kier alpha value is -3.01. The van der Waals surface area contributed by atoms with E-state index < -0.39 is 0 Å². The third-order valence-electron chi connectivity index (χ3n) is 3.93. The van der Waals surface area contributed by atoms with E-state index in [0.717, 1.165) is 27.6 Å². The zero-order chi connectivity index (χ0) is 17.1. The van der Waals surface area contributed by atoms with Crippen LogP contribution in [0.4, 0.5) is 0 Å². The number of carbonyl (C=O) groups excluding carboxylic acids is 1. The number of aryl methyl sites for hydroxylation is 3. The predicted molar refractivity (Wildman–Crippen MR) is 97.5 cm³/mol. The minimum Gasteiger partial charge on any atom is -0.266 e. The van der Waals surface area contributed by atoms with Crippen LogP contribution >= 0.6 is 0 Å². The molecular weight excluding hydrogens is 298 g/mol. The van der Waals surface area contributed by atoms with Gasteiger partial charge in [0.15, 0.2) is 0 Å². The van der Waals surface area contributed by atoms with Crippen molar-refractivity contribution < 1.29 is 4.79 Å². The monoisotopic (exact) mass is 317 g/mol. The molecule has 0 saturated heterocycles. The van der Waals surface area contributed by atoms with Crippen LogP contribution in [0.3, 0.4) is 0 Å². The number of hydrogen-bond donors (Lipinski definition) is 1. The fraction of sp³-hybridized carbons (Fsp3) is 0.150. The lowest BCUT2D eigenvalue weighted by molar-refractivity contribution is 0.0950. The molecule has 1 heterocycles. The highest BCUT2D eigenvalue weighted by molar-refractivity contribution is 5.95. The van der Waals surface area contributed by atoms with Crippen LogP contribution in [0.15, 0.2) is 53.6 Å². The molecule has 0 atom stereocenters. The first-order valence-electron chi connectivity index (χ1n) is 7.81. The van der Waals surface area contributed by atoms with E-state index in [9.17, 15) is 4.79 Å². The van der Waals surface area contributed by atoms with Gasteiger partial charge in [-0.15, -0.1) is 0 Å². The maximum absolute atomic E-state index is 12.2. The average Bonchev–Trinajstić information content (AvgIpc) is 2.56. The molecule has 2 aromatic carbocycles. The van der Waals surface area contributed by atoms with E-state index in [1.807, 2.05) is 44.2 Å². The lowest BCUT2D eigenvalue weighted by Gasteiger charge is -2.06. The third kappa shape index (κ3) is 3.33. The molecule has 0 fully saturated rings. The molecule has 120 valence electrons. The van der Waals surface area contributed by atoms with Crippen LogP contribution in [-0.4, -0.2) is 17.1 Å². The Kier molecular flexibility index (Phi) is 4.38. The molecule has 0 spiro atoms. The number of nitrogens with one attached hydrogen (secondary N) is 1. The summed E-state index contributed by atoms with van der Waals surface area (Å²) in [5.41, 5.74) is 8.19. The third-order valence-corrected chi connectivity index (χ3v) is 3.93. The van der Waals surface area contributed by atoms with Crippen molar-refractivity contribution in [3.63, 3.8) is 0 Å².